The maximum atomic E-state index is 12.0. The molecule has 2 aliphatic rings. The molecule has 0 saturated carbocycles. The van der Waals surface area contributed by atoms with Crippen LogP contribution in [0.1, 0.15) is 25.0 Å². The zero-order chi connectivity index (χ0) is 17.2. The lowest BCUT2D eigenvalue weighted by molar-refractivity contribution is -0.222. The van der Waals surface area contributed by atoms with Crippen molar-refractivity contribution in [3.05, 3.63) is 41.0 Å². The minimum Gasteiger partial charge on any atom is -0.419 e. The van der Waals surface area contributed by atoms with Crippen LogP contribution >= 0.6 is 11.8 Å². The SMILES string of the molecule is CC1(C)OC(=O)C(=Cc2cccc(CN3CCSCC3)c2)C(=O)O1. The highest BCUT2D eigenvalue weighted by Gasteiger charge is 2.38. The van der Waals surface area contributed by atoms with Crippen LogP contribution in [0.5, 0.6) is 0 Å². The number of rotatable bonds is 3. The van der Waals surface area contributed by atoms with E-state index < -0.39 is 17.7 Å². The van der Waals surface area contributed by atoms with E-state index in [9.17, 15) is 9.59 Å². The first-order valence-electron chi connectivity index (χ1n) is 8.00. The molecule has 1 aromatic carbocycles. The summed E-state index contributed by atoms with van der Waals surface area (Å²) in [6.07, 6.45) is 1.54. The lowest BCUT2D eigenvalue weighted by Gasteiger charge is -2.29. The van der Waals surface area contributed by atoms with Crippen molar-refractivity contribution < 1.29 is 19.1 Å². The summed E-state index contributed by atoms with van der Waals surface area (Å²) in [6, 6.07) is 7.85. The van der Waals surface area contributed by atoms with E-state index in [-0.39, 0.29) is 5.57 Å². The second-order valence-electron chi connectivity index (χ2n) is 6.37. The Kier molecular flexibility index (Phi) is 4.96. The van der Waals surface area contributed by atoms with Gasteiger partial charge >= 0.3 is 11.9 Å². The number of nitrogens with zero attached hydrogens (tertiary/aromatic N) is 1. The van der Waals surface area contributed by atoms with Crippen LogP contribution in [0.25, 0.3) is 6.08 Å². The largest absolute Gasteiger partial charge is 0.419 e. The van der Waals surface area contributed by atoms with Crippen molar-refractivity contribution in [3.8, 4) is 0 Å². The van der Waals surface area contributed by atoms with Crippen LogP contribution in [0.3, 0.4) is 0 Å². The van der Waals surface area contributed by atoms with Crippen LogP contribution in [-0.4, -0.2) is 47.2 Å². The van der Waals surface area contributed by atoms with Gasteiger partial charge in [-0.3, -0.25) is 4.90 Å². The third-order valence-electron chi connectivity index (χ3n) is 3.89. The minimum atomic E-state index is -1.21. The third kappa shape index (κ3) is 4.19. The molecule has 0 bridgehead atoms. The molecule has 6 heteroatoms. The fraction of sp³-hybridized carbons (Fsp3) is 0.444. The number of hydrogen-bond donors (Lipinski definition) is 0. The molecule has 0 radical (unpaired) electrons. The highest BCUT2D eigenvalue weighted by Crippen LogP contribution is 2.24. The second kappa shape index (κ2) is 6.99. The van der Waals surface area contributed by atoms with Gasteiger partial charge in [0.05, 0.1) is 0 Å². The van der Waals surface area contributed by atoms with Gasteiger partial charge in [-0.2, -0.15) is 11.8 Å². The van der Waals surface area contributed by atoms with E-state index in [2.05, 4.69) is 11.0 Å². The third-order valence-corrected chi connectivity index (χ3v) is 4.83. The molecule has 0 unspecified atom stereocenters. The smallest absolute Gasteiger partial charge is 0.348 e. The van der Waals surface area contributed by atoms with Gasteiger partial charge in [-0.15, -0.1) is 0 Å². The van der Waals surface area contributed by atoms with Crippen LogP contribution in [0, 0.1) is 0 Å². The highest BCUT2D eigenvalue weighted by molar-refractivity contribution is 7.99. The van der Waals surface area contributed by atoms with Gasteiger partial charge in [0.25, 0.3) is 5.79 Å². The molecule has 0 N–H and O–H groups in total. The first-order valence-corrected chi connectivity index (χ1v) is 9.16. The summed E-state index contributed by atoms with van der Waals surface area (Å²) in [5.41, 5.74) is 1.89. The van der Waals surface area contributed by atoms with E-state index >= 15 is 0 Å². The summed E-state index contributed by atoms with van der Waals surface area (Å²) in [5, 5.41) is 0. The maximum absolute atomic E-state index is 12.0. The summed E-state index contributed by atoms with van der Waals surface area (Å²) in [6.45, 7) is 6.13. The zero-order valence-corrected chi connectivity index (χ0v) is 14.7. The van der Waals surface area contributed by atoms with Gasteiger partial charge < -0.3 is 9.47 Å². The molecule has 2 aliphatic heterocycles. The monoisotopic (exact) mass is 347 g/mol. The fourth-order valence-electron chi connectivity index (χ4n) is 2.74. The van der Waals surface area contributed by atoms with Crippen LogP contribution < -0.4 is 0 Å². The number of cyclic esters (lactones) is 2. The average Bonchev–Trinajstić information content (AvgIpc) is 2.51. The molecule has 0 aromatic heterocycles. The van der Waals surface area contributed by atoms with Crippen molar-refractivity contribution in [1.29, 1.82) is 0 Å². The fourth-order valence-corrected chi connectivity index (χ4v) is 3.72. The maximum Gasteiger partial charge on any atom is 0.348 e. The highest BCUT2D eigenvalue weighted by atomic mass is 32.2. The van der Waals surface area contributed by atoms with Crippen molar-refractivity contribution in [2.45, 2.75) is 26.2 Å². The van der Waals surface area contributed by atoms with Crippen molar-refractivity contribution in [2.75, 3.05) is 24.6 Å². The lowest BCUT2D eigenvalue weighted by Crippen LogP contribution is -2.41. The predicted octanol–water partition coefficient (Wildman–Crippen LogP) is 2.45. The predicted molar refractivity (Wildman–Crippen MR) is 93.3 cm³/mol. The lowest BCUT2D eigenvalue weighted by atomic mass is 10.1. The van der Waals surface area contributed by atoms with Crippen LogP contribution in [-0.2, 0) is 25.6 Å². The van der Waals surface area contributed by atoms with E-state index in [0.29, 0.717) is 0 Å². The van der Waals surface area contributed by atoms with Crippen molar-refractivity contribution in [1.82, 2.24) is 4.90 Å². The van der Waals surface area contributed by atoms with E-state index in [0.717, 1.165) is 42.3 Å². The normalized spacial score (nSPS) is 21.2. The first-order chi connectivity index (χ1) is 11.4. The van der Waals surface area contributed by atoms with Crippen molar-refractivity contribution in [2.24, 2.45) is 0 Å². The molecule has 128 valence electrons. The van der Waals surface area contributed by atoms with E-state index in [1.54, 1.807) is 0 Å². The van der Waals surface area contributed by atoms with Gasteiger partial charge in [0, 0.05) is 45.0 Å². The molecule has 0 spiro atoms. The zero-order valence-electron chi connectivity index (χ0n) is 13.9. The Morgan fingerprint density at radius 2 is 1.83 bits per heavy atom. The molecule has 0 aliphatic carbocycles. The van der Waals surface area contributed by atoms with E-state index in [4.69, 9.17) is 9.47 Å². The Hall–Kier alpha value is -1.79. The average molecular weight is 347 g/mol. The summed E-state index contributed by atoms with van der Waals surface area (Å²) in [7, 11) is 0. The second-order valence-corrected chi connectivity index (χ2v) is 7.60. The summed E-state index contributed by atoms with van der Waals surface area (Å²) < 4.78 is 10.2. The quantitative estimate of drug-likeness (QED) is 0.476. The van der Waals surface area contributed by atoms with Gasteiger partial charge in [0.15, 0.2) is 0 Å². The minimum absolute atomic E-state index is 0.0687. The Balaban J connectivity index is 1.76. The molecule has 2 saturated heterocycles. The number of thioether (sulfide) groups is 1. The number of hydrogen-bond acceptors (Lipinski definition) is 6. The molecule has 2 heterocycles. The van der Waals surface area contributed by atoms with Gasteiger partial charge in [0.1, 0.15) is 5.57 Å². The summed E-state index contributed by atoms with van der Waals surface area (Å²) >= 11 is 1.98. The van der Waals surface area contributed by atoms with Gasteiger partial charge in [-0.05, 0) is 17.2 Å². The summed E-state index contributed by atoms with van der Waals surface area (Å²) in [5.74, 6) is -0.168. The number of esters is 2. The van der Waals surface area contributed by atoms with E-state index in [1.165, 1.54) is 19.9 Å². The van der Waals surface area contributed by atoms with Crippen LogP contribution in [0.15, 0.2) is 29.8 Å². The van der Waals surface area contributed by atoms with Gasteiger partial charge in [-0.25, -0.2) is 9.59 Å². The molecule has 5 nitrogen and oxygen atoms in total. The van der Waals surface area contributed by atoms with Gasteiger partial charge in [-0.1, -0.05) is 24.3 Å². The summed E-state index contributed by atoms with van der Waals surface area (Å²) in [4.78, 5) is 26.5. The Bertz CT molecular complexity index is 655. The molecular formula is C18H21NO4S. The topological polar surface area (TPSA) is 55.8 Å². The number of benzene rings is 1. The Labute approximate surface area is 146 Å². The molecule has 2 fully saturated rings. The van der Waals surface area contributed by atoms with Crippen LogP contribution in [0.2, 0.25) is 0 Å². The Morgan fingerprint density at radius 1 is 1.17 bits per heavy atom. The number of carbonyl (C=O) groups excluding carboxylic acids is 2. The van der Waals surface area contributed by atoms with Gasteiger partial charge in [0.2, 0.25) is 0 Å². The molecular weight excluding hydrogens is 326 g/mol. The van der Waals surface area contributed by atoms with Crippen LogP contribution in [0.4, 0.5) is 0 Å². The molecule has 0 atom stereocenters. The first kappa shape index (κ1) is 17.0. The number of ether oxygens (including phenoxy) is 2. The molecule has 0 amide bonds. The van der Waals surface area contributed by atoms with E-state index in [1.807, 2.05) is 30.0 Å². The van der Waals surface area contributed by atoms with Crippen molar-refractivity contribution in [3.63, 3.8) is 0 Å². The molecule has 24 heavy (non-hydrogen) atoms. The molecule has 1 aromatic rings. The standard InChI is InChI=1S/C18H21NO4S/c1-18(2)22-16(20)15(17(21)23-18)11-13-4-3-5-14(10-13)12-19-6-8-24-9-7-19/h3-5,10-11H,6-9,12H2,1-2H3. The van der Waals surface area contributed by atoms with Crippen molar-refractivity contribution >= 4 is 29.8 Å². The molecule has 3 rings (SSSR count). The Morgan fingerprint density at radius 3 is 2.50 bits per heavy atom. The number of carbonyl (C=O) groups is 2.